The molecular formula is C23H32N2O5. The van der Waals surface area contributed by atoms with Gasteiger partial charge in [0.1, 0.15) is 11.8 Å². The zero-order valence-corrected chi connectivity index (χ0v) is 18.0. The highest BCUT2D eigenvalue weighted by atomic mass is 16.5. The van der Waals surface area contributed by atoms with Gasteiger partial charge < -0.3 is 20.1 Å². The minimum absolute atomic E-state index is 0.161. The van der Waals surface area contributed by atoms with Gasteiger partial charge >= 0.3 is 5.97 Å². The van der Waals surface area contributed by atoms with E-state index in [4.69, 9.17) is 9.47 Å². The van der Waals surface area contributed by atoms with Crippen LogP contribution in [0.4, 0.5) is 0 Å². The summed E-state index contributed by atoms with van der Waals surface area (Å²) in [6.07, 6.45) is 8.35. The number of hydrogen-bond acceptors (Lipinski definition) is 5. The van der Waals surface area contributed by atoms with Gasteiger partial charge in [0.25, 0.3) is 5.91 Å². The molecule has 1 unspecified atom stereocenters. The van der Waals surface area contributed by atoms with E-state index in [-0.39, 0.29) is 24.5 Å². The Labute approximate surface area is 178 Å². The molecule has 0 spiro atoms. The van der Waals surface area contributed by atoms with Crippen LogP contribution in [0.5, 0.6) is 5.75 Å². The first-order valence-corrected chi connectivity index (χ1v) is 10.5. The Morgan fingerprint density at radius 1 is 1.10 bits per heavy atom. The lowest BCUT2D eigenvalue weighted by molar-refractivity contribution is -0.152. The smallest absolute Gasteiger partial charge is 0.329 e. The Balaban J connectivity index is 1.82. The van der Waals surface area contributed by atoms with E-state index < -0.39 is 17.9 Å². The fraction of sp³-hybridized carbons (Fsp3) is 0.522. The van der Waals surface area contributed by atoms with Crippen molar-refractivity contribution in [3.8, 4) is 5.75 Å². The van der Waals surface area contributed by atoms with Crippen LogP contribution >= 0.6 is 0 Å². The van der Waals surface area contributed by atoms with Gasteiger partial charge in [-0.15, -0.1) is 0 Å². The number of esters is 1. The molecule has 2 rings (SSSR count). The Morgan fingerprint density at radius 2 is 1.77 bits per heavy atom. The number of ether oxygens (including phenoxy) is 2. The van der Waals surface area contributed by atoms with Crippen molar-refractivity contribution in [2.75, 3.05) is 13.7 Å². The van der Waals surface area contributed by atoms with Crippen LogP contribution in [0.15, 0.2) is 30.3 Å². The molecule has 0 saturated heterocycles. The molecule has 30 heavy (non-hydrogen) atoms. The monoisotopic (exact) mass is 416 g/mol. The van der Waals surface area contributed by atoms with E-state index in [1.165, 1.54) is 12.5 Å². The van der Waals surface area contributed by atoms with E-state index in [0.717, 1.165) is 37.0 Å². The first kappa shape index (κ1) is 23.4. The van der Waals surface area contributed by atoms with Crippen LogP contribution in [0, 0.1) is 5.92 Å². The van der Waals surface area contributed by atoms with E-state index in [0.29, 0.717) is 0 Å². The molecule has 0 aromatic heterocycles. The number of nitrogens with one attached hydrogen (secondary N) is 2. The largest absolute Gasteiger partial charge is 0.497 e. The zero-order valence-electron chi connectivity index (χ0n) is 18.0. The summed E-state index contributed by atoms with van der Waals surface area (Å²) >= 11 is 0. The molecular weight excluding hydrogens is 384 g/mol. The van der Waals surface area contributed by atoms with Crippen LogP contribution in [-0.2, 0) is 19.1 Å². The summed E-state index contributed by atoms with van der Waals surface area (Å²) in [6, 6.07) is 6.56. The molecule has 1 aliphatic rings. The number of rotatable bonds is 9. The SMILES string of the molecule is COc1ccc(/C=C/C(=O)NC(C(=O)OCC(=O)NC2CCCCC2)C(C)C)cc1. The molecule has 1 fully saturated rings. The van der Waals surface area contributed by atoms with Crippen LogP contribution < -0.4 is 15.4 Å². The maximum atomic E-state index is 12.4. The van der Waals surface area contributed by atoms with Crippen molar-refractivity contribution >= 4 is 23.9 Å². The highest BCUT2D eigenvalue weighted by Crippen LogP contribution is 2.17. The molecule has 164 valence electrons. The van der Waals surface area contributed by atoms with Crippen molar-refractivity contribution < 1.29 is 23.9 Å². The van der Waals surface area contributed by atoms with Crippen LogP contribution in [0.25, 0.3) is 6.08 Å². The Kier molecular flexibility index (Phi) is 9.38. The summed E-state index contributed by atoms with van der Waals surface area (Å²) in [7, 11) is 1.59. The highest BCUT2D eigenvalue weighted by molar-refractivity contribution is 5.95. The van der Waals surface area contributed by atoms with Crippen molar-refractivity contribution in [3.63, 3.8) is 0 Å². The van der Waals surface area contributed by atoms with Gasteiger partial charge in [0.2, 0.25) is 5.91 Å². The highest BCUT2D eigenvalue weighted by Gasteiger charge is 2.26. The molecule has 0 radical (unpaired) electrons. The predicted molar refractivity (Wildman–Crippen MR) is 115 cm³/mol. The number of benzene rings is 1. The quantitative estimate of drug-likeness (QED) is 0.477. The van der Waals surface area contributed by atoms with Gasteiger partial charge in [0.15, 0.2) is 6.61 Å². The number of methoxy groups -OCH3 is 1. The number of carbonyl (C=O) groups excluding carboxylic acids is 3. The van der Waals surface area contributed by atoms with Crippen molar-refractivity contribution in [3.05, 3.63) is 35.9 Å². The molecule has 0 aliphatic heterocycles. The lowest BCUT2D eigenvalue weighted by Crippen LogP contribution is -2.46. The standard InChI is InChI=1S/C23H32N2O5/c1-16(2)22(23(28)30-15-21(27)24-18-7-5-4-6-8-18)25-20(26)14-11-17-9-12-19(29-3)13-10-17/h9-14,16,18,22H,4-8,15H2,1-3H3,(H,24,27)(H,25,26)/b14-11+. The van der Waals surface area contributed by atoms with Crippen LogP contribution in [0.3, 0.4) is 0 Å². The average Bonchev–Trinajstić information content (AvgIpc) is 2.75. The van der Waals surface area contributed by atoms with Gasteiger partial charge in [-0.2, -0.15) is 0 Å². The van der Waals surface area contributed by atoms with E-state index in [2.05, 4.69) is 10.6 Å². The minimum Gasteiger partial charge on any atom is -0.497 e. The molecule has 2 amide bonds. The summed E-state index contributed by atoms with van der Waals surface area (Å²) in [5.74, 6) is -0.782. The van der Waals surface area contributed by atoms with E-state index in [9.17, 15) is 14.4 Å². The van der Waals surface area contributed by atoms with Gasteiger partial charge in [0, 0.05) is 12.1 Å². The predicted octanol–water partition coefficient (Wildman–Crippen LogP) is 2.84. The summed E-state index contributed by atoms with van der Waals surface area (Å²) in [6.45, 7) is 3.28. The average molecular weight is 417 g/mol. The van der Waals surface area contributed by atoms with Crippen molar-refractivity contribution in [1.82, 2.24) is 10.6 Å². The molecule has 1 saturated carbocycles. The topological polar surface area (TPSA) is 93.7 Å². The van der Waals surface area contributed by atoms with Crippen molar-refractivity contribution in [2.45, 2.75) is 58.0 Å². The van der Waals surface area contributed by atoms with E-state index >= 15 is 0 Å². The van der Waals surface area contributed by atoms with E-state index in [1.807, 2.05) is 26.0 Å². The van der Waals surface area contributed by atoms with Gasteiger partial charge in [-0.05, 0) is 42.5 Å². The van der Waals surface area contributed by atoms with Gasteiger partial charge in [-0.3, -0.25) is 9.59 Å². The Hall–Kier alpha value is -2.83. The van der Waals surface area contributed by atoms with Gasteiger partial charge in [-0.1, -0.05) is 45.2 Å². The second-order valence-corrected chi connectivity index (χ2v) is 7.85. The van der Waals surface area contributed by atoms with Crippen molar-refractivity contribution in [1.29, 1.82) is 0 Å². The maximum absolute atomic E-state index is 12.4. The summed E-state index contributed by atoms with van der Waals surface area (Å²) in [4.78, 5) is 36.7. The molecule has 0 bridgehead atoms. The van der Waals surface area contributed by atoms with Gasteiger partial charge in [0.05, 0.1) is 7.11 Å². The molecule has 2 N–H and O–H groups in total. The fourth-order valence-corrected chi connectivity index (χ4v) is 3.33. The van der Waals surface area contributed by atoms with E-state index in [1.54, 1.807) is 25.3 Å². The van der Waals surface area contributed by atoms with Crippen LogP contribution in [0.2, 0.25) is 0 Å². The molecule has 0 heterocycles. The number of carbonyl (C=O) groups is 3. The zero-order chi connectivity index (χ0) is 21.9. The molecule has 1 aromatic carbocycles. The summed E-state index contributed by atoms with van der Waals surface area (Å²) in [5, 5.41) is 5.56. The summed E-state index contributed by atoms with van der Waals surface area (Å²) < 4.78 is 10.3. The lowest BCUT2D eigenvalue weighted by Gasteiger charge is -2.23. The molecule has 7 nitrogen and oxygen atoms in total. The second kappa shape index (κ2) is 12.0. The molecule has 7 heteroatoms. The minimum atomic E-state index is -0.833. The van der Waals surface area contributed by atoms with Crippen molar-refractivity contribution in [2.24, 2.45) is 5.92 Å². The number of amides is 2. The Morgan fingerprint density at radius 3 is 2.37 bits per heavy atom. The third-order valence-corrected chi connectivity index (χ3v) is 5.08. The first-order valence-electron chi connectivity index (χ1n) is 10.5. The second-order valence-electron chi connectivity index (χ2n) is 7.85. The van der Waals surface area contributed by atoms with Crippen LogP contribution in [-0.4, -0.2) is 43.6 Å². The molecule has 1 aliphatic carbocycles. The fourth-order valence-electron chi connectivity index (χ4n) is 3.33. The molecule has 1 atom stereocenters. The normalized spacial score (nSPS) is 15.6. The third kappa shape index (κ3) is 7.89. The Bertz CT molecular complexity index is 736. The summed E-state index contributed by atoms with van der Waals surface area (Å²) in [5.41, 5.74) is 0.828. The van der Waals surface area contributed by atoms with Gasteiger partial charge in [-0.25, -0.2) is 4.79 Å². The number of hydrogen-bond donors (Lipinski definition) is 2. The molecule has 1 aromatic rings. The third-order valence-electron chi connectivity index (χ3n) is 5.08. The first-order chi connectivity index (χ1) is 14.4. The maximum Gasteiger partial charge on any atom is 0.329 e. The van der Waals surface area contributed by atoms with Crippen LogP contribution in [0.1, 0.15) is 51.5 Å². The lowest BCUT2D eigenvalue weighted by atomic mass is 9.95.